The average Bonchev–Trinajstić information content (AvgIpc) is 2.58. The fourth-order valence-electron chi connectivity index (χ4n) is 2.21. The van der Waals surface area contributed by atoms with E-state index in [1.165, 1.54) is 0 Å². The molecule has 3 atom stereocenters. The van der Waals surface area contributed by atoms with Gasteiger partial charge in [0.1, 0.15) is 0 Å². The smallest absolute Gasteiger partial charge is 0.192 e. The van der Waals surface area contributed by atoms with Gasteiger partial charge in [-0.25, -0.2) is 0 Å². The van der Waals surface area contributed by atoms with Gasteiger partial charge in [-0.05, 0) is 44.2 Å². The van der Waals surface area contributed by atoms with Crippen LogP contribution in [0, 0.1) is 5.92 Å². The van der Waals surface area contributed by atoms with E-state index < -0.39 is 16.6 Å². The summed E-state index contributed by atoms with van der Waals surface area (Å²) in [5.74, 6) is 0.267. The Morgan fingerprint density at radius 1 is 1.14 bits per heavy atom. The molecule has 0 aromatic carbocycles. The number of allylic oxidation sites excluding steroid dienone is 1. The molecule has 1 saturated heterocycles. The summed E-state index contributed by atoms with van der Waals surface area (Å²) in [6.07, 6.45) is 2.84. The molecular formula is C16H34O3Si2. The lowest BCUT2D eigenvalue weighted by Crippen LogP contribution is -2.46. The van der Waals surface area contributed by atoms with Gasteiger partial charge in [-0.3, -0.25) is 0 Å². The van der Waals surface area contributed by atoms with E-state index in [9.17, 15) is 0 Å². The molecule has 1 rings (SSSR count). The summed E-state index contributed by atoms with van der Waals surface area (Å²) in [5, 5.41) is 0.212. The summed E-state index contributed by atoms with van der Waals surface area (Å²) < 4.78 is 18.7. The summed E-state index contributed by atoms with van der Waals surface area (Å²) in [6, 6.07) is 0. The van der Waals surface area contributed by atoms with Crippen molar-refractivity contribution in [2.45, 2.75) is 77.4 Å². The SMILES string of the molecule is C=CC[C@@H]1C(O[Si](C)(C)C)OC[C@@H]1O[Si](C)(C)C(C)(C)C. The average molecular weight is 331 g/mol. The van der Waals surface area contributed by atoms with Crippen LogP contribution >= 0.6 is 0 Å². The molecule has 0 N–H and O–H groups in total. The Labute approximate surface area is 133 Å². The van der Waals surface area contributed by atoms with Crippen LogP contribution in [-0.2, 0) is 13.6 Å². The van der Waals surface area contributed by atoms with E-state index in [2.05, 4.69) is 60.1 Å². The summed E-state index contributed by atoms with van der Waals surface area (Å²) in [4.78, 5) is 0. The van der Waals surface area contributed by atoms with Gasteiger partial charge in [0.15, 0.2) is 22.9 Å². The molecule has 0 saturated carbocycles. The lowest BCUT2D eigenvalue weighted by molar-refractivity contribution is -0.0674. The number of ether oxygens (including phenoxy) is 1. The van der Waals surface area contributed by atoms with Crippen LogP contribution in [0.25, 0.3) is 0 Å². The fourth-order valence-corrected chi connectivity index (χ4v) is 4.51. The Morgan fingerprint density at radius 3 is 2.14 bits per heavy atom. The van der Waals surface area contributed by atoms with Gasteiger partial charge in [-0.2, -0.15) is 0 Å². The quantitative estimate of drug-likeness (QED) is 0.518. The van der Waals surface area contributed by atoms with Crippen LogP contribution in [0.2, 0.25) is 37.8 Å². The van der Waals surface area contributed by atoms with E-state index >= 15 is 0 Å². The van der Waals surface area contributed by atoms with E-state index in [-0.39, 0.29) is 23.4 Å². The van der Waals surface area contributed by atoms with E-state index in [1.807, 2.05) is 6.08 Å². The monoisotopic (exact) mass is 330 g/mol. The zero-order chi connectivity index (χ0) is 16.5. The Bertz CT molecular complexity index is 356. The van der Waals surface area contributed by atoms with Crippen LogP contribution < -0.4 is 0 Å². The normalized spacial score (nSPS) is 27.9. The summed E-state index contributed by atoms with van der Waals surface area (Å²) in [5.41, 5.74) is 0. The van der Waals surface area contributed by atoms with Crippen LogP contribution in [0.4, 0.5) is 0 Å². The Balaban J connectivity index is 2.81. The predicted octanol–water partition coefficient (Wildman–Crippen LogP) is 4.78. The number of rotatable bonds is 6. The lowest BCUT2D eigenvalue weighted by Gasteiger charge is -2.39. The first-order valence-corrected chi connectivity index (χ1v) is 14.3. The van der Waals surface area contributed by atoms with Crippen molar-refractivity contribution in [3.63, 3.8) is 0 Å². The van der Waals surface area contributed by atoms with Crippen molar-refractivity contribution in [1.82, 2.24) is 0 Å². The van der Waals surface area contributed by atoms with Gasteiger partial charge in [-0.15, -0.1) is 6.58 Å². The molecule has 3 nitrogen and oxygen atoms in total. The van der Waals surface area contributed by atoms with Gasteiger partial charge in [0.2, 0.25) is 0 Å². The second-order valence-corrected chi connectivity index (χ2v) is 17.8. The largest absolute Gasteiger partial charge is 0.411 e. The van der Waals surface area contributed by atoms with E-state index in [0.717, 1.165) is 6.42 Å². The van der Waals surface area contributed by atoms with E-state index in [1.54, 1.807) is 0 Å². The van der Waals surface area contributed by atoms with Gasteiger partial charge in [0, 0.05) is 5.92 Å². The Hall–Kier alpha value is 0.0538. The summed E-state index contributed by atoms with van der Waals surface area (Å²) in [6.45, 7) is 22.5. The molecule has 1 aliphatic heterocycles. The zero-order valence-electron chi connectivity index (χ0n) is 15.2. The van der Waals surface area contributed by atoms with Crippen LogP contribution in [0.15, 0.2) is 12.7 Å². The van der Waals surface area contributed by atoms with Gasteiger partial charge < -0.3 is 13.6 Å². The maximum absolute atomic E-state index is 6.57. The molecule has 21 heavy (non-hydrogen) atoms. The molecule has 0 spiro atoms. The second-order valence-electron chi connectivity index (χ2n) is 8.54. The maximum atomic E-state index is 6.57. The van der Waals surface area contributed by atoms with Crippen LogP contribution in [0.5, 0.6) is 0 Å². The van der Waals surface area contributed by atoms with Crippen LogP contribution in [-0.4, -0.2) is 35.6 Å². The zero-order valence-corrected chi connectivity index (χ0v) is 17.2. The Kier molecular flexibility index (Phi) is 6.06. The molecular weight excluding hydrogens is 296 g/mol. The molecule has 0 aromatic rings. The van der Waals surface area contributed by atoms with Gasteiger partial charge in [0.05, 0.1) is 12.7 Å². The molecule has 1 fully saturated rings. The predicted molar refractivity (Wildman–Crippen MR) is 94.5 cm³/mol. The third kappa shape index (κ3) is 5.32. The molecule has 124 valence electrons. The highest BCUT2D eigenvalue weighted by Crippen LogP contribution is 2.40. The summed E-state index contributed by atoms with van der Waals surface area (Å²) in [7, 11) is -3.41. The minimum absolute atomic E-state index is 0.130. The van der Waals surface area contributed by atoms with Crippen molar-refractivity contribution in [2.24, 2.45) is 5.92 Å². The van der Waals surface area contributed by atoms with Crippen molar-refractivity contribution < 1.29 is 13.6 Å². The minimum atomic E-state index is -1.79. The Morgan fingerprint density at radius 2 is 1.71 bits per heavy atom. The molecule has 1 unspecified atom stereocenters. The molecule has 0 aliphatic carbocycles. The molecule has 1 heterocycles. The van der Waals surface area contributed by atoms with Gasteiger partial charge >= 0.3 is 0 Å². The highest BCUT2D eigenvalue weighted by atomic mass is 28.4. The van der Waals surface area contributed by atoms with Crippen molar-refractivity contribution >= 4 is 16.6 Å². The van der Waals surface area contributed by atoms with Crippen molar-refractivity contribution in [3.05, 3.63) is 12.7 Å². The first-order chi connectivity index (χ1) is 9.37. The maximum Gasteiger partial charge on any atom is 0.192 e. The topological polar surface area (TPSA) is 27.7 Å². The molecule has 0 aromatic heterocycles. The third-order valence-electron chi connectivity index (χ3n) is 4.41. The van der Waals surface area contributed by atoms with Gasteiger partial charge in [-0.1, -0.05) is 26.8 Å². The van der Waals surface area contributed by atoms with Crippen LogP contribution in [0.3, 0.4) is 0 Å². The van der Waals surface area contributed by atoms with Crippen molar-refractivity contribution in [3.8, 4) is 0 Å². The van der Waals surface area contributed by atoms with E-state index in [0.29, 0.717) is 6.61 Å². The number of hydrogen-bond acceptors (Lipinski definition) is 3. The molecule has 0 bridgehead atoms. The van der Waals surface area contributed by atoms with Gasteiger partial charge in [0.25, 0.3) is 0 Å². The number of hydrogen-bond donors (Lipinski definition) is 0. The fraction of sp³-hybridized carbons (Fsp3) is 0.875. The minimum Gasteiger partial charge on any atom is -0.411 e. The molecule has 5 heteroatoms. The molecule has 1 aliphatic rings. The molecule has 0 radical (unpaired) electrons. The lowest BCUT2D eigenvalue weighted by atomic mass is 10.0. The third-order valence-corrected chi connectivity index (χ3v) is 9.86. The second kappa shape index (κ2) is 6.66. The standard InChI is InChI=1S/C16H34O3Si2/c1-10-11-13-14(18-21(8,9)16(2,3)4)12-17-15(13)19-20(5,6)7/h10,13-15H,1,11-12H2,2-9H3/t13-,14-,15?/m0/s1. The highest BCUT2D eigenvalue weighted by molar-refractivity contribution is 6.74. The molecule has 0 amide bonds. The van der Waals surface area contributed by atoms with Crippen molar-refractivity contribution in [1.29, 1.82) is 0 Å². The first-order valence-electron chi connectivity index (χ1n) is 7.95. The van der Waals surface area contributed by atoms with Crippen molar-refractivity contribution in [2.75, 3.05) is 6.61 Å². The van der Waals surface area contributed by atoms with Crippen LogP contribution in [0.1, 0.15) is 27.2 Å². The first kappa shape index (κ1) is 19.1. The highest BCUT2D eigenvalue weighted by Gasteiger charge is 2.46. The summed E-state index contributed by atoms with van der Waals surface area (Å²) >= 11 is 0. The van der Waals surface area contributed by atoms with E-state index in [4.69, 9.17) is 13.6 Å².